The van der Waals surface area contributed by atoms with Gasteiger partial charge in [0.1, 0.15) is 12.4 Å². The summed E-state index contributed by atoms with van der Waals surface area (Å²) in [6.45, 7) is 7.50. The first-order valence-electron chi connectivity index (χ1n) is 11.7. The molecule has 4 heteroatoms. The van der Waals surface area contributed by atoms with Crippen molar-refractivity contribution in [2.45, 2.75) is 44.4 Å². The minimum atomic E-state index is -1.11. The van der Waals surface area contributed by atoms with Crippen LogP contribution in [0, 0.1) is 47.0 Å². The molecule has 4 rings (SSSR count). The van der Waals surface area contributed by atoms with Crippen LogP contribution in [0.3, 0.4) is 0 Å². The first-order chi connectivity index (χ1) is 16.0. The lowest BCUT2D eigenvalue weighted by Crippen LogP contribution is -2.30. The van der Waals surface area contributed by atoms with E-state index in [9.17, 15) is 13.2 Å². The highest BCUT2D eigenvalue weighted by Gasteiger charge is 2.35. The van der Waals surface area contributed by atoms with E-state index in [1.165, 1.54) is 43.9 Å². The molecule has 1 nitrogen and oxygen atoms in total. The van der Waals surface area contributed by atoms with Crippen LogP contribution >= 0.6 is 0 Å². The van der Waals surface area contributed by atoms with Crippen LogP contribution in [0.4, 0.5) is 13.2 Å². The first-order valence-corrected chi connectivity index (χ1v) is 11.7. The summed E-state index contributed by atoms with van der Waals surface area (Å²) in [4.78, 5) is 0. The Hall–Kier alpha value is -2.93. The summed E-state index contributed by atoms with van der Waals surface area (Å²) < 4.78 is 48.3. The van der Waals surface area contributed by atoms with Gasteiger partial charge in [0, 0.05) is 0 Å². The molecule has 0 bridgehead atoms. The number of benzene rings is 2. The average molecular weight is 451 g/mol. The summed E-state index contributed by atoms with van der Waals surface area (Å²) in [5.74, 6) is 4.82. The maximum Gasteiger partial charge on any atom is 0.201 e. The van der Waals surface area contributed by atoms with Crippen molar-refractivity contribution < 1.29 is 17.9 Å². The Balaban J connectivity index is 1.46. The van der Waals surface area contributed by atoms with E-state index >= 15 is 0 Å². The lowest BCUT2D eigenvalue weighted by Gasteiger charge is -2.41. The molecule has 0 saturated heterocycles. The predicted molar refractivity (Wildman–Crippen MR) is 126 cm³/mol. The van der Waals surface area contributed by atoms with Gasteiger partial charge in [0.15, 0.2) is 11.6 Å². The third-order valence-corrected chi connectivity index (χ3v) is 7.19. The summed E-state index contributed by atoms with van der Waals surface area (Å²) in [6.07, 6.45) is 10.6. The zero-order chi connectivity index (χ0) is 23.4. The molecule has 0 heterocycles. The smallest absolute Gasteiger partial charge is 0.201 e. The van der Waals surface area contributed by atoms with Gasteiger partial charge in [-0.1, -0.05) is 36.6 Å². The zero-order valence-corrected chi connectivity index (χ0v) is 18.8. The van der Waals surface area contributed by atoms with E-state index in [2.05, 4.69) is 31.1 Å². The number of rotatable bonds is 5. The highest BCUT2D eigenvalue weighted by atomic mass is 19.2. The van der Waals surface area contributed by atoms with Crippen LogP contribution in [0.15, 0.2) is 55.6 Å². The van der Waals surface area contributed by atoms with Crippen molar-refractivity contribution in [3.8, 4) is 17.6 Å². The molecule has 4 unspecified atom stereocenters. The fourth-order valence-corrected chi connectivity index (χ4v) is 5.35. The average Bonchev–Trinajstić information content (AvgIpc) is 2.84. The minimum absolute atomic E-state index is 0.0662. The Labute approximate surface area is 194 Å². The van der Waals surface area contributed by atoms with Gasteiger partial charge in [-0.3, -0.25) is 0 Å². The third kappa shape index (κ3) is 5.19. The molecule has 0 amide bonds. The lowest BCUT2D eigenvalue weighted by atomic mass is 9.64. The Morgan fingerprint density at radius 1 is 0.879 bits per heavy atom. The molecule has 2 aliphatic rings. The normalized spacial score (nSPS) is 24.2. The van der Waals surface area contributed by atoms with E-state index in [-0.39, 0.29) is 23.5 Å². The van der Waals surface area contributed by atoms with Crippen LogP contribution in [0.2, 0.25) is 0 Å². The van der Waals surface area contributed by atoms with Crippen molar-refractivity contribution in [1.29, 1.82) is 0 Å². The lowest BCUT2D eigenvalue weighted by molar-refractivity contribution is 0.133. The SMILES string of the molecule is C=CCOc1ccc(C#Cc2ccc(C3CCC4CC(C=C)CCC4C3)cc2F)c(F)c1F. The third-order valence-electron chi connectivity index (χ3n) is 7.19. The van der Waals surface area contributed by atoms with Gasteiger partial charge in [-0.15, -0.1) is 6.58 Å². The number of ether oxygens (including phenoxy) is 1. The van der Waals surface area contributed by atoms with Crippen LogP contribution < -0.4 is 4.74 Å². The van der Waals surface area contributed by atoms with E-state index in [1.54, 1.807) is 12.1 Å². The van der Waals surface area contributed by atoms with E-state index in [0.29, 0.717) is 17.8 Å². The van der Waals surface area contributed by atoms with E-state index in [0.717, 1.165) is 24.3 Å². The summed E-state index contributed by atoms with van der Waals surface area (Å²) >= 11 is 0. The van der Waals surface area contributed by atoms with Gasteiger partial charge < -0.3 is 4.74 Å². The highest BCUT2D eigenvalue weighted by Crippen LogP contribution is 2.47. The Morgan fingerprint density at radius 2 is 1.61 bits per heavy atom. The second kappa shape index (κ2) is 10.3. The van der Waals surface area contributed by atoms with E-state index in [1.807, 2.05) is 6.07 Å². The number of allylic oxidation sites excluding steroid dienone is 1. The van der Waals surface area contributed by atoms with Gasteiger partial charge in [-0.25, -0.2) is 8.78 Å². The molecule has 0 radical (unpaired) electrons. The molecule has 4 atom stereocenters. The number of hydrogen-bond donors (Lipinski definition) is 0. The Morgan fingerprint density at radius 3 is 2.36 bits per heavy atom. The molecule has 2 aromatic rings. The van der Waals surface area contributed by atoms with Crippen molar-refractivity contribution in [2.75, 3.05) is 6.61 Å². The molecule has 2 fully saturated rings. The quantitative estimate of drug-likeness (QED) is 0.337. The van der Waals surface area contributed by atoms with Gasteiger partial charge in [-0.05, 0) is 92.0 Å². The molecule has 2 aliphatic carbocycles. The van der Waals surface area contributed by atoms with Crippen LogP contribution in [-0.2, 0) is 0 Å². The van der Waals surface area contributed by atoms with Gasteiger partial charge in [-0.2, -0.15) is 4.39 Å². The molecule has 2 saturated carbocycles. The van der Waals surface area contributed by atoms with Gasteiger partial charge in [0.05, 0.1) is 11.1 Å². The molecule has 0 spiro atoms. The van der Waals surface area contributed by atoms with Gasteiger partial charge in [0.2, 0.25) is 5.82 Å². The topological polar surface area (TPSA) is 9.23 Å². The Kier molecular flexibility index (Phi) is 7.28. The first kappa shape index (κ1) is 23.2. The minimum Gasteiger partial charge on any atom is -0.486 e. The number of hydrogen-bond acceptors (Lipinski definition) is 1. The second-order valence-electron chi connectivity index (χ2n) is 9.17. The summed E-state index contributed by atoms with van der Waals surface area (Å²) in [5, 5.41) is 0. The molecular weight excluding hydrogens is 421 g/mol. The number of fused-ring (bicyclic) bond motifs is 1. The van der Waals surface area contributed by atoms with Crippen LogP contribution in [0.5, 0.6) is 5.75 Å². The molecule has 0 aromatic heterocycles. The standard InChI is InChI=1S/C29H29F3O/c1-3-15-33-27-14-13-21(28(31)29(27)32)9-7-20-8-10-25(18-26(20)30)24-12-11-22-16-19(4-2)5-6-23(22)17-24/h3-4,8,10,13-14,18-19,22-24H,1-2,5-6,11-12,15-17H2. The molecule has 33 heavy (non-hydrogen) atoms. The van der Waals surface area contributed by atoms with Crippen LogP contribution in [0.25, 0.3) is 0 Å². The molecule has 172 valence electrons. The summed E-state index contributed by atoms with van der Waals surface area (Å²) in [7, 11) is 0. The van der Waals surface area contributed by atoms with Crippen molar-refractivity contribution in [1.82, 2.24) is 0 Å². The largest absolute Gasteiger partial charge is 0.486 e. The zero-order valence-electron chi connectivity index (χ0n) is 18.8. The molecular formula is C29H29F3O. The van der Waals surface area contributed by atoms with Crippen LogP contribution in [0.1, 0.15) is 61.1 Å². The maximum absolute atomic E-state index is 14.8. The fraction of sp³-hybridized carbons (Fsp3) is 0.379. The second-order valence-corrected chi connectivity index (χ2v) is 9.17. The molecule has 0 N–H and O–H groups in total. The maximum atomic E-state index is 14.8. The van der Waals surface area contributed by atoms with Crippen molar-refractivity contribution in [2.24, 2.45) is 17.8 Å². The van der Waals surface area contributed by atoms with Crippen molar-refractivity contribution in [3.05, 3.63) is 89.8 Å². The highest BCUT2D eigenvalue weighted by molar-refractivity contribution is 5.47. The monoisotopic (exact) mass is 450 g/mol. The molecule has 2 aromatic carbocycles. The summed E-state index contributed by atoms with van der Waals surface area (Å²) in [6, 6.07) is 7.78. The molecule has 0 aliphatic heterocycles. The van der Waals surface area contributed by atoms with E-state index in [4.69, 9.17) is 4.74 Å². The van der Waals surface area contributed by atoms with Gasteiger partial charge in [0.25, 0.3) is 0 Å². The Bertz CT molecular complexity index is 1090. The van der Waals surface area contributed by atoms with Crippen molar-refractivity contribution in [3.63, 3.8) is 0 Å². The van der Waals surface area contributed by atoms with Crippen LogP contribution in [-0.4, -0.2) is 6.61 Å². The van der Waals surface area contributed by atoms with Gasteiger partial charge >= 0.3 is 0 Å². The number of halogens is 3. The fourth-order valence-electron chi connectivity index (χ4n) is 5.35. The summed E-state index contributed by atoms with van der Waals surface area (Å²) in [5.41, 5.74) is 1.03. The van der Waals surface area contributed by atoms with Crippen molar-refractivity contribution >= 4 is 0 Å². The van der Waals surface area contributed by atoms with E-state index < -0.39 is 17.5 Å². The predicted octanol–water partition coefficient (Wildman–Crippen LogP) is 7.55.